The van der Waals surface area contributed by atoms with Gasteiger partial charge in [0.05, 0.1) is 22.4 Å². The molecule has 0 saturated heterocycles. The third-order valence-corrected chi connectivity index (χ3v) is 26.7. The van der Waals surface area contributed by atoms with Gasteiger partial charge in [0.25, 0.3) is 0 Å². The maximum absolute atomic E-state index is 2.50. The molecule has 0 amide bonds. The molecule has 0 spiro atoms. The van der Waals surface area contributed by atoms with Gasteiger partial charge < -0.3 is 23.8 Å². The van der Waals surface area contributed by atoms with Gasteiger partial charge >= 0.3 is 0 Å². The zero-order chi connectivity index (χ0) is 89.4. The van der Waals surface area contributed by atoms with Crippen molar-refractivity contribution in [1.82, 2.24) is 9.13 Å². The van der Waals surface area contributed by atoms with Crippen LogP contribution in [0.4, 0.5) is 51.2 Å². The molecule has 0 aliphatic heterocycles. The highest BCUT2D eigenvalue weighted by atomic mass is 15.2. The average molecular weight is 1710 g/mol. The Morgan fingerprint density at radius 3 is 0.799 bits per heavy atom. The van der Waals surface area contributed by atoms with Crippen LogP contribution in [0.2, 0.25) is 0 Å². The van der Waals surface area contributed by atoms with Gasteiger partial charge in [-0.1, -0.05) is 396 Å². The van der Waals surface area contributed by atoms with Crippen LogP contribution in [0, 0.1) is 0 Å². The van der Waals surface area contributed by atoms with Crippen molar-refractivity contribution in [1.29, 1.82) is 0 Å². The second-order valence-electron chi connectivity index (χ2n) is 35.0. The summed E-state index contributed by atoms with van der Waals surface area (Å²) in [4.78, 5) is 7.06. The second kappa shape index (κ2) is 35.2. The van der Waals surface area contributed by atoms with E-state index >= 15 is 0 Å². The summed E-state index contributed by atoms with van der Waals surface area (Å²) >= 11 is 0. The lowest BCUT2D eigenvalue weighted by molar-refractivity contribution is 0.660. The number of para-hydroxylation sites is 4. The summed E-state index contributed by atoms with van der Waals surface area (Å²) in [6.07, 6.45) is 0. The zero-order valence-electron chi connectivity index (χ0n) is 74.5. The van der Waals surface area contributed by atoms with Crippen LogP contribution >= 0.6 is 0 Å². The lowest BCUT2D eigenvalue weighted by atomic mass is 9.82. The van der Waals surface area contributed by atoms with E-state index in [0.717, 1.165) is 79.4 Å². The first kappa shape index (κ1) is 81.1. The Kier molecular flexibility index (Phi) is 21.3. The van der Waals surface area contributed by atoms with E-state index in [9.17, 15) is 0 Å². The minimum atomic E-state index is -0.0910. The summed E-state index contributed by atoms with van der Waals surface area (Å²) < 4.78 is 4.98. The number of benzene rings is 21. The van der Waals surface area contributed by atoms with E-state index < -0.39 is 0 Å². The summed E-state index contributed by atoms with van der Waals surface area (Å²) in [5, 5.41) is 7.26. The van der Waals surface area contributed by atoms with Gasteiger partial charge in [0.15, 0.2) is 0 Å². The molecule has 21 aromatic carbocycles. The molecule has 0 N–H and O–H groups in total. The molecule has 2 heterocycles. The highest BCUT2D eigenvalue weighted by molar-refractivity contribution is 6.22. The van der Waals surface area contributed by atoms with E-state index in [-0.39, 0.29) is 5.41 Å². The van der Waals surface area contributed by atoms with Gasteiger partial charge in [-0.15, -0.1) is 0 Å². The summed E-state index contributed by atoms with van der Waals surface area (Å²) in [6.45, 7) is 4.70. The smallest absolute Gasteiger partial charge is 0.0620 e. The van der Waals surface area contributed by atoms with Crippen molar-refractivity contribution in [3.63, 3.8) is 0 Å². The molecule has 134 heavy (non-hydrogen) atoms. The molecule has 1 aliphatic carbocycles. The van der Waals surface area contributed by atoms with Gasteiger partial charge in [-0.25, -0.2) is 0 Å². The van der Waals surface area contributed by atoms with Crippen LogP contribution in [-0.4, -0.2) is 9.13 Å². The Bertz CT molecular complexity index is 8100. The predicted octanol–water partition coefficient (Wildman–Crippen LogP) is 35.6. The van der Waals surface area contributed by atoms with E-state index in [2.05, 4.69) is 565 Å². The van der Waals surface area contributed by atoms with Crippen molar-refractivity contribution < 1.29 is 0 Å². The van der Waals surface area contributed by atoms with E-state index in [1.807, 2.05) is 0 Å². The number of hydrogen-bond acceptors (Lipinski definition) is 3. The second-order valence-corrected chi connectivity index (χ2v) is 35.0. The third kappa shape index (κ3) is 14.9. The summed E-state index contributed by atoms with van der Waals surface area (Å²) in [5.41, 5.74) is 38.8. The molecule has 0 atom stereocenters. The van der Waals surface area contributed by atoms with Gasteiger partial charge in [-0.2, -0.15) is 0 Å². The minimum Gasteiger partial charge on any atom is -0.311 e. The zero-order valence-corrected chi connectivity index (χ0v) is 74.5. The van der Waals surface area contributed by atoms with Crippen LogP contribution in [0.5, 0.6) is 0 Å². The predicted molar refractivity (Wildman–Crippen MR) is 567 cm³/mol. The Morgan fingerprint density at radius 1 is 0.164 bits per heavy atom. The molecule has 634 valence electrons. The van der Waals surface area contributed by atoms with Crippen LogP contribution in [0.15, 0.2) is 528 Å². The number of aromatic nitrogens is 2. The van der Waals surface area contributed by atoms with E-state index in [0.29, 0.717) is 0 Å². The minimum absolute atomic E-state index is 0.0910. The molecular weight excluding hydrogens is 1620 g/mol. The summed E-state index contributed by atoms with van der Waals surface area (Å²) in [7, 11) is 0. The van der Waals surface area contributed by atoms with Gasteiger partial charge in [-0.05, 0) is 245 Å². The first-order valence-electron chi connectivity index (χ1n) is 46.2. The SMILES string of the molecule is CC1(C)c2ccccc2-c2ccc(N(c3ccccc3)c3ccc(-c4cc5c(-c6ccccc6)c(-c6ccccc6)n(-c6ccccc6)c5c5ccccc45)cc3)cc21.c1ccc(-c2ccc(N(c3ccc(-c4cc5c(-c6ccccc6)c(-c6ccccc6)n(-c6ccc(-c7ccccc7)cc6)c5c5ccccc45)cc3)c3ccc(N(c4ccccc4)c4ccccc4)cc3)cc2)cc1. The van der Waals surface area contributed by atoms with Crippen molar-refractivity contribution in [2.75, 3.05) is 14.7 Å². The lowest BCUT2D eigenvalue weighted by Gasteiger charge is -2.28. The molecule has 0 radical (unpaired) electrons. The van der Waals surface area contributed by atoms with E-state index in [4.69, 9.17) is 0 Å². The molecular formula is C129H93N5. The first-order chi connectivity index (χ1) is 66.3. The topological polar surface area (TPSA) is 19.6 Å². The van der Waals surface area contributed by atoms with E-state index in [1.54, 1.807) is 0 Å². The molecule has 0 unspecified atom stereocenters. The average Bonchev–Trinajstić information content (AvgIpc) is 1.56. The Morgan fingerprint density at radius 2 is 0.418 bits per heavy atom. The van der Waals surface area contributed by atoms with Crippen molar-refractivity contribution in [3.05, 3.63) is 539 Å². The molecule has 0 fully saturated rings. The third-order valence-electron chi connectivity index (χ3n) is 26.7. The molecule has 5 nitrogen and oxygen atoms in total. The van der Waals surface area contributed by atoms with Gasteiger partial charge in [0.2, 0.25) is 0 Å². The number of rotatable bonds is 19. The van der Waals surface area contributed by atoms with Gasteiger partial charge in [0, 0.05) is 101 Å². The fraction of sp³-hybridized carbons (Fsp3) is 0.0233. The molecule has 1 aliphatic rings. The number of nitrogens with zero attached hydrogens (tertiary/aromatic N) is 5. The van der Waals surface area contributed by atoms with Crippen molar-refractivity contribution in [2.24, 2.45) is 0 Å². The fourth-order valence-corrected chi connectivity index (χ4v) is 20.5. The Balaban J connectivity index is 0.000000156. The highest BCUT2D eigenvalue weighted by Gasteiger charge is 2.37. The lowest BCUT2D eigenvalue weighted by Crippen LogP contribution is -2.16. The molecule has 0 saturated carbocycles. The van der Waals surface area contributed by atoms with Crippen molar-refractivity contribution in [3.8, 4) is 112 Å². The largest absolute Gasteiger partial charge is 0.311 e. The maximum atomic E-state index is 2.50. The number of fused-ring (bicyclic) bond motifs is 9. The summed E-state index contributed by atoms with van der Waals surface area (Å²) in [5.74, 6) is 0. The van der Waals surface area contributed by atoms with Crippen LogP contribution in [0.1, 0.15) is 25.0 Å². The quantitative estimate of drug-likeness (QED) is 0.0804. The Labute approximate surface area is 782 Å². The van der Waals surface area contributed by atoms with Crippen molar-refractivity contribution >= 4 is 94.5 Å². The number of anilines is 9. The standard InChI is InChI=1S/C72H51N3.C57H42N2/c1-7-21-52(22-8-1)54-35-41-61(42-36-54)74(64-49-47-63(48-50-64)73(59-29-15-5-16-30-59)60-31-17-6-18-32-60)62-45-39-56(40-46-62)68-51-69-70(57-25-11-3-12-26-57)71(58-27-13-4-14-28-58)75(72(69)67-34-20-19-33-66(67)68)65-43-37-55(38-44-65)53-23-9-2-10-24-53;1-57(2)52-30-18-17-28-47(52)48-36-35-45(37-53(48)57)58(42-23-11-5-12-24-42)44-33-31-39(32-34-44)50-38-51-54(40-19-7-3-8-20-40)55(41-21-9-4-10-22-41)59(43-25-13-6-14-26-43)56(51)49-29-16-15-27-46(49)50/h1-51H;3-38H,1-2H3. The maximum Gasteiger partial charge on any atom is 0.0620 e. The normalized spacial score (nSPS) is 11.9. The monoisotopic (exact) mass is 1710 g/mol. The molecule has 0 bridgehead atoms. The van der Waals surface area contributed by atoms with Gasteiger partial charge in [-0.3, -0.25) is 0 Å². The van der Waals surface area contributed by atoms with Crippen LogP contribution < -0.4 is 14.7 Å². The van der Waals surface area contributed by atoms with Crippen LogP contribution in [-0.2, 0) is 5.41 Å². The number of hydrogen-bond donors (Lipinski definition) is 0. The Hall–Kier alpha value is -17.4. The fourth-order valence-electron chi connectivity index (χ4n) is 20.5. The van der Waals surface area contributed by atoms with Crippen LogP contribution in [0.3, 0.4) is 0 Å². The van der Waals surface area contributed by atoms with Gasteiger partial charge in [0.1, 0.15) is 0 Å². The molecule has 23 aromatic rings. The highest BCUT2D eigenvalue weighted by Crippen LogP contribution is 2.54. The molecule has 2 aromatic heterocycles. The van der Waals surface area contributed by atoms with E-state index in [1.165, 1.54) is 138 Å². The van der Waals surface area contributed by atoms with Crippen molar-refractivity contribution in [2.45, 2.75) is 19.3 Å². The molecule has 24 rings (SSSR count). The molecule has 5 heteroatoms. The van der Waals surface area contributed by atoms with Crippen LogP contribution in [0.25, 0.3) is 155 Å². The summed E-state index contributed by atoms with van der Waals surface area (Å²) in [6, 6.07) is 191. The first-order valence-corrected chi connectivity index (χ1v) is 46.2.